The van der Waals surface area contributed by atoms with Crippen LogP contribution >= 0.6 is 0 Å². The maximum Gasteiger partial charge on any atom is 0.266 e. The van der Waals surface area contributed by atoms with Crippen molar-refractivity contribution in [2.75, 3.05) is 0 Å². The molecule has 2 heterocycles. The van der Waals surface area contributed by atoms with Crippen LogP contribution in [0.1, 0.15) is 0 Å². The lowest BCUT2D eigenvalue weighted by molar-refractivity contribution is 0.476. The molecule has 1 N–H and O–H groups in total. The van der Waals surface area contributed by atoms with Crippen molar-refractivity contribution >= 4 is 5.52 Å². The average molecular weight is 237 g/mol. The summed E-state index contributed by atoms with van der Waals surface area (Å²) in [6.07, 6.45) is 1.70. The maximum atomic E-state index is 12.4. The third-order valence-corrected chi connectivity index (χ3v) is 2.93. The predicted octanol–water partition coefficient (Wildman–Crippen LogP) is 2.67. The monoisotopic (exact) mass is 237 g/mol. The van der Waals surface area contributed by atoms with Gasteiger partial charge in [0.05, 0.1) is 11.1 Å². The Morgan fingerprint density at radius 2 is 1.67 bits per heavy atom. The van der Waals surface area contributed by atoms with Gasteiger partial charge in [0.1, 0.15) is 5.75 Å². The lowest BCUT2D eigenvalue weighted by atomic mass is 10.1. The summed E-state index contributed by atoms with van der Waals surface area (Å²) in [5, 5.41) is 10.0. The van der Waals surface area contributed by atoms with Gasteiger partial charge in [-0.05, 0) is 17.7 Å². The van der Waals surface area contributed by atoms with E-state index >= 15 is 0 Å². The van der Waals surface area contributed by atoms with E-state index in [4.69, 9.17) is 0 Å². The van der Waals surface area contributed by atoms with Gasteiger partial charge in [-0.1, -0.05) is 36.4 Å². The number of pyridine rings is 2. The number of hydrogen-bond donors (Lipinski definition) is 1. The Kier molecular flexibility index (Phi) is 2.38. The van der Waals surface area contributed by atoms with Crippen LogP contribution < -0.4 is 5.56 Å². The summed E-state index contributed by atoms with van der Waals surface area (Å²) in [6.45, 7) is 0. The highest BCUT2D eigenvalue weighted by Crippen LogP contribution is 2.26. The van der Waals surface area contributed by atoms with E-state index in [0.29, 0.717) is 11.1 Å². The van der Waals surface area contributed by atoms with Crippen LogP contribution in [-0.2, 0) is 0 Å². The molecule has 0 unspecified atom stereocenters. The summed E-state index contributed by atoms with van der Waals surface area (Å²) in [4.78, 5) is 12.4. The van der Waals surface area contributed by atoms with Crippen molar-refractivity contribution in [3.8, 4) is 16.9 Å². The molecule has 0 saturated heterocycles. The number of fused-ring (bicyclic) bond motifs is 1. The summed E-state index contributed by atoms with van der Waals surface area (Å²) in [7, 11) is 0. The molecule has 0 aliphatic heterocycles. The molecule has 0 aliphatic carbocycles. The van der Waals surface area contributed by atoms with E-state index < -0.39 is 0 Å². The van der Waals surface area contributed by atoms with Gasteiger partial charge in [-0.25, -0.2) is 0 Å². The Bertz CT molecular complexity index is 760. The fourth-order valence-electron chi connectivity index (χ4n) is 2.08. The van der Waals surface area contributed by atoms with E-state index in [1.54, 1.807) is 24.4 Å². The average Bonchev–Trinajstić information content (AvgIpc) is 2.40. The largest absolute Gasteiger partial charge is 0.507 e. The molecule has 0 saturated carbocycles. The lowest BCUT2D eigenvalue weighted by Gasteiger charge is -2.07. The Balaban J connectivity index is 2.41. The summed E-state index contributed by atoms with van der Waals surface area (Å²) >= 11 is 0. The minimum atomic E-state index is -0.211. The number of nitrogens with zero attached hydrogens (tertiary/aromatic N) is 1. The van der Waals surface area contributed by atoms with Crippen LogP contribution in [0, 0.1) is 0 Å². The normalized spacial score (nSPS) is 10.7. The van der Waals surface area contributed by atoms with Gasteiger partial charge in [-0.2, -0.15) is 0 Å². The second-order valence-corrected chi connectivity index (χ2v) is 4.07. The molecule has 0 radical (unpaired) electrons. The molecule has 0 spiro atoms. The van der Waals surface area contributed by atoms with Gasteiger partial charge < -0.3 is 5.11 Å². The third-order valence-electron chi connectivity index (χ3n) is 2.93. The Labute approximate surface area is 104 Å². The number of rotatable bonds is 1. The molecule has 0 amide bonds. The van der Waals surface area contributed by atoms with Crippen molar-refractivity contribution in [1.82, 2.24) is 4.40 Å². The molecule has 88 valence electrons. The Morgan fingerprint density at radius 3 is 2.44 bits per heavy atom. The molecule has 0 atom stereocenters. The van der Waals surface area contributed by atoms with E-state index in [0.717, 1.165) is 5.56 Å². The van der Waals surface area contributed by atoms with Crippen molar-refractivity contribution in [3.63, 3.8) is 0 Å². The highest BCUT2D eigenvalue weighted by Gasteiger charge is 2.11. The zero-order valence-electron chi connectivity index (χ0n) is 9.58. The maximum absolute atomic E-state index is 12.4. The Hall–Kier alpha value is -2.55. The number of hydrogen-bond acceptors (Lipinski definition) is 2. The summed E-state index contributed by atoms with van der Waals surface area (Å²) in [6, 6.07) is 16.2. The molecule has 2 aromatic heterocycles. The second-order valence-electron chi connectivity index (χ2n) is 4.07. The fraction of sp³-hybridized carbons (Fsp3) is 0. The molecule has 3 heteroatoms. The van der Waals surface area contributed by atoms with Gasteiger partial charge in [0.2, 0.25) is 0 Å². The Morgan fingerprint density at radius 1 is 0.944 bits per heavy atom. The number of benzene rings is 1. The minimum absolute atomic E-state index is 0.0115. The quantitative estimate of drug-likeness (QED) is 0.707. The van der Waals surface area contributed by atoms with Gasteiger partial charge in [-0.3, -0.25) is 9.20 Å². The molecule has 0 fully saturated rings. The molecular weight excluding hydrogens is 226 g/mol. The minimum Gasteiger partial charge on any atom is -0.507 e. The van der Waals surface area contributed by atoms with Crippen LogP contribution in [0.25, 0.3) is 16.6 Å². The third kappa shape index (κ3) is 1.57. The first-order chi connectivity index (χ1) is 8.77. The van der Waals surface area contributed by atoms with Crippen LogP contribution in [-0.4, -0.2) is 9.51 Å². The first-order valence-electron chi connectivity index (χ1n) is 5.66. The van der Waals surface area contributed by atoms with Crippen molar-refractivity contribution in [2.24, 2.45) is 0 Å². The summed E-state index contributed by atoms with van der Waals surface area (Å²) < 4.78 is 1.53. The molecule has 18 heavy (non-hydrogen) atoms. The van der Waals surface area contributed by atoms with E-state index in [1.807, 2.05) is 36.4 Å². The van der Waals surface area contributed by atoms with Crippen molar-refractivity contribution in [2.45, 2.75) is 0 Å². The summed E-state index contributed by atoms with van der Waals surface area (Å²) in [5.41, 5.74) is 1.52. The van der Waals surface area contributed by atoms with E-state index in [2.05, 4.69) is 0 Å². The van der Waals surface area contributed by atoms with E-state index in [9.17, 15) is 9.90 Å². The fourth-order valence-corrected chi connectivity index (χ4v) is 2.08. The van der Waals surface area contributed by atoms with Crippen LogP contribution in [0.3, 0.4) is 0 Å². The smallest absolute Gasteiger partial charge is 0.266 e. The highest BCUT2D eigenvalue weighted by molar-refractivity contribution is 5.72. The standard InChI is InChI=1S/C15H11NO2/c17-13-10-12-8-4-5-9-16(12)15(18)14(13)11-6-2-1-3-7-11/h1-10,17H. The van der Waals surface area contributed by atoms with Gasteiger partial charge in [-0.15, -0.1) is 0 Å². The van der Waals surface area contributed by atoms with E-state index in [1.165, 1.54) is 4.40 Å². The van der Waals surface area contributed by atoms with Crippen LogP contribution in [0.2, 0.25) is 0 Å². The van der Waals surface area contributed by atoms with Crippen LogP contribution in [0.4, 0.5) is 0 Å². The van der Waals surface area contributed by atoms with Crippen molar-refractivity contribution < 1.29 is 5.11 Å². The molecule has 1 aromatic carbocycles. The van der Waals surface area contributed by atoms with Gasteiger partial charge >= 0.3 is 0 Å². The molecule has 3 rings (SSSR count). The molecule has 3 nitrogen and oxygen atoms in total. The lowest BCUT2D eigenvalue weighted by Crippen LogP contribution is -2.15. The SMILES string of the molecule is O=c1c(-c2ccccc2)c(O)cc2ccccn12. The number of aromatic nitrogens is 1. The first-order valence-corrected chi connectivity index (χ1v) is 5.66. The molecule has 3 aromatic rings. The van der Waals surface area contributed by atoms with E-state index in [-0.39, 0.29) is 11.3 Å². The second kappa shape index (κ2) is 4.04. The van der Waals surface area contributed by atoms with Gasteiger partial charge in [0.25, 0.3) is 5.56 Å². The zero-order valence-corrected chi connectivity index (χ0v) is 9.58. The topological polar surface area (TPSA) is 41.7 Å². The summed E-state index contributed by atoms with van der Waals surface area (Å²) in [5.74, 6) is 0.0115. The van der Waals surface area contributed by atoms with Crippen molar-refractivity contribution in [3.05, 3.63) is 71.1 Å². The molecule has 0 bridgehead atoms. The van der Waals surface area contributed by atoms with Crippen LogP contribution in [0.15, 0.2) is 65.6 Å². The molecular formula is C15H11NO2. The first kappa shape index (κ1) is 10.6. The van der Waals surface area contributed by atoms with Crippen molar-refractivity contribution in [1.29, 1.82) is 0 Å². The number of aromatic hydroxyl groups is 1. The van der Waals surface area contributed by atoms with Gasteiger partial charge in [0.15, 0.2) is 0 Å². The molecule has 0 aliphatic rings. The highest BCUT2D eigenvalue weighted by atomic mass is 16.3. The zero-order chi connectivity index (χ0) is 12.5. The van der Waals surface area contributed by atoms with Gasteiger partial charge in [0, 0.05) is 12.3 Å². The van der Waals surface area contributed by atoms with Crippen LogP contribution in [0.5, 0.6) is 5.75 Å². The predicted molar refractivity (Wildman–Crippen MR) is 70.8 cm³/mol.